The molecule has 0 aliphatic rings. The average Bonchev–Trinajstić information content (AvgIpc) is 1.85. The van der Waals surface area contributed by atoms with Crippen LogP contribution in [-0.4, -0.2) is 35.5 Å². The predicted octanol–water partition coefficient (Wildman–Crippen LogP) is -0.529. The van der Waals surface area contributed by atoms with Crippen molar-refractivity contribution in [3.63, 3.8) is 0 Å². The Kier molecular flexibility index (Phi) is 3.56. The van der Waals surface area contributed by atoms with E-state index in [-0.39, 0.29) is 12.5 Å². The maximum atomic E-state index is 10.0. The van der Waals surface area contributed by atoms with Crippen LogP contribution in [0.2, 0.25) is 0 Å². The van der Waals surface area contributed by atoms with Gasteiger partial charge in [-0.25, -0.2) is 0 Å². The van der Waals surface area contributed by atoms with Crippen molar-refractivity contribution in [3.8, 4) is 0 Å². The molecule has 5 nitrogen and oxygen atoms in total. The van der Waals surface area contributed by atoms with Gasteiger partial charge in [-0.15, -0.1) is 4.51 Å². The molecular weight excluding hydrogens is 158 g/mol. The molecule has 0 aromatic heterocycles. The molecule has 0 fully saturated rings. The number of rotatable bonds is 2. The first kappa shape index (κ1) is 9.03. The molecule has 0 atom stereocenters. The van der Waals surface area contributed by atoms with E-state index in [1.165, 1.54) is 11.9 Å². The zero-order valence-corrected chi connectivity index (χ0v) is 6.17. The molecule has 0 unspecified atom stereocenters. The fourth-order valence-corrected chi connectivity index (χ4v) is 0.477. The minimum atomic E-state index is -0.981. The van der Waals surface area contributed by atoms with Gasteiger partial charge in [-0.05, 0) is 0 Å². The van der Waals surface area contributed by atoms with Crippen LogP contribution in [0.1, 0.15) is 0 Å². The zero-order valence-electron chi connectivity index (χ0n) is 5.41. The highest BCUT2D eigenvalue weighted by Crippen LogP contribution is 1.84. The van der Waals surface area contributed by atoms with Crippen LogP contribution < -0.4 is 5.73 Å². The Morgan fingerprint density at radius 2 is 2.40 bits per heavy atom. The highest BCUT2D eigenvalue weighted by Gasteiger charge is 2.04. The van der Waals surface area contributed by atoms with Gasteiger partial charge in [0, 0.05) is 18.8 Å². The number of carboxylic acid groups (broad SMARTS) is 1. The van der Waals surface area contributed by atoms with Crippen molar-refractivity contribution >= 4 is 23.7 Å². The van der Waals surface area contributed by atoms with Crippen LogP contribution in [0.4, 0.5) is 0 Å². The van der Waals surface area contributed by atoms with Crippen LogP contribution in [0, 0.1) is 0 Å². The molecule has 0 heterocycles. The largest absolute Gasteiger partial charge is 0.480 e. The molecule has 0 aliphatic carbocycles. The molecule has 0 spiro atoms. The average molecular weight is 166 g/mol. The van der Waals surface area contributed by atoms with E-state index in [1.807, 2.05) is 0 Å². The zero-order chi connectivity index (χ0) is 8.15. The summed E-state index contributed by atoms with van der Waals surface area (Å²) >= 11 is 4.96. The molecule has 3 N–H and O–H groups in total. The highest BCUT2D eigenvalue weighted by atomic mass is 35.5. The van der Waals surface area contributed by atoms with E-state index in [1.54, 1.807) is 0 Å². The van der Waals surface area contributed by atoms with Gasteiger partial charge in [0.2, 0.25) is 5.96 Å². The van der Waals surface area contributed by atoms with Crippen molar-refractivity contribution in [2.45, 2.75) is 0 Å². The highest BCUT2D eigenvalue weighted by molar-refractivity contribution is 6.19. The molecule has 0 rings (SSSR count). The van der Waals surface area contributed by atoms with Gasteiger partial charge in [0.1, 0.15) is 6.54 Å². The number of carbonyl (C=O) groups is 1. The second kappa shape index (κ2) is 3.94. The van der Waals surface area contributed by atoms with E-state index in [4.69, 9.17) is 22.6 Å². The van der Waals surface area contributed by atoms with E-state index in [0.29, 0.717) is 0 Å². The lowest BCUT2D eigenvalue weighted by atomic mass is 10.6. The van der Waals surface area contributed by atoms with Gasteiger partial charge in [-0.3, -0.25) is 4.79 Å². The molecular formula is C4H8ClN3O2. The lowest BCUT2D eigenvalue weighted by Gasteiger charge is -2.12. The molecule has 0 aromatic rings. The molecule has 0 aliphatic heterocycles. The van der Waals surface area contributed by atoms with Crippen molar-refractivity contribution in [1.29, 1.82) is 0 Å². The summed E-state index contributed by atoms with van der Waals surface area (Å²) in [6, 6.07) is 0. The van der Waals surface area contributed by atoms with Crippen molar-refractivity contribution in [2.24, 2.45) is 10.2 Å². The standard InChI is InChI=1S/C4H8ClN3O2/c1-8(2-3(9)10)4(6)7-5/h2H2,1H3,(H2,6,7)(H,9,10). The number of likely N-dealkylation sites (N-methyl/N-ethyl adjacent to an activating group) is 1. The van der Waals surface area contributed by atoms with E-state index in [9.17, 15) is 4.79 Å². The maximum absolute atomic E-state index is 10.0. The number of nitrogens with two attached hydrogens (primary N) is 1. The summed E-state index contributed by atoms with van der Waals surface area (Å²) in [6.45, 7) is -0.206. The van der Waals surface area contributed by atoms with Gasteiger partial charge in [-0.2, -0.15) is 0 Å². The summed E-state index contributed by atoms with van der Waals surface area (Å²) in [6.07, 6.45) is 0. The molecule has 6 heteroatoms. The minimum Gasteiger partial charge on any atom is -0.480 e. The van der Waals surface area contributed by atoms with Crippen LogP contribution in [0.5, 0.6) is 0 Å². The smallest absolute Gasteiger partial charge is 0.323 e. The van der Waals surface area contributed by atoms with Crippen molar-refractivity contribution < 1.29 is 9.90 Å². The molecule has 0 aromatic carbocycles. The van der Waals surface area contributed by atoms with E-state index in [2.05, 4.69) is 4.51 Å². The quantitative estimate of drug-likeness (QED) is 0.426. The monoisotopic (exact) mass is 165 g/mol. The number of nitrogens with zero attached hydrogens (tertiary/aromatic N) is 2. The lowest BCUT2D eigenvalue weighted by molar-refractivity contribution is -0.137. The molecule has 10 heavy (non-hydrogen) atoms. The SMILES string of the molecule is CN(CC(=O)O)/C(N)=N/Cl. The van der Waals surface area contributed by atoms with Gasteiger partial charge >= 0.3 is 5.97 Å². The third-order valence-corrected chi connectivity index (χ3v) is 1.02. The third kappa shape index (κ3) is 3.13. The Bertz CT molecular complexity index is 159. The number of aliphatic carboxylic acids is 1. The van der Waals surface area contributed by atoms with E-state index < -0.39 is 5.97 Å². The summed E-state index contributed by atoms with van der Waals surface area (Å²) in [5.41, 5.74) is 5.15. The Morgan fingerprint density at radius 1 is 1.90 bits per heavy atom. The number of guanidine groups is 1. The second-order valence-electron chi connectivity index (χ2n) is 1.69. The Morgan fingerprint density at radius 3 is 2.70 bits per heavy atom. The van der Waals surface area contributed by atoms with Gasteiger partial charge in [0.25, 0.3) is 0 Å². The van der Waals surface area contributed by atoms with Gasteiger partial charge in [0.05, 0.1) is 0 Å². The number of halogens is 1. The molecule has 0 radical (unpaired) electrons. The second-order valence-corrected chi connectivity index (χ2v) is 1.86. The summed E-state index contributed by atoms with van der Waals surface area (Å²) in [4.78, 5) is 11.3. The number of hydrogen-bond donors (Lipinski definition) is 2. The van der Waals surface area contributed by atoms with Crippen LogP contribution in [0.3, 0.4) is 0 Å². The number of carboxylic acids is 1. The Labute approximate surface area is 63.2 Å². The summed E-state index contributed by atoms with van der Waals surface area (Å²) < 4.78 is 3.07. The normalized spacial score (nSPS) is 11.2. The maximum Gasteiger partial charge on any atom is 0.323 e. The van der Waals surface area contributed by atoms with Gasteiger partial charge in [-0.1, -0.05) is 0 Å². The van der Waals surface area contributed by atoms with Crippen molar-refractivity contribution in [3.05, 3.63) is 0 Å². The fourth-order valence-electron chi connectivity index (χ4n) is 0.348. The summed E-state index contributed by atoms with van der Waals surface area (Å²) in [5.74, 6) is -0.991. The first-order valence-corrected chi connectivity index (χ1v) is 2.79. The molecule has 0 amide bonds. The molecule has 0 bridgehead atoms. The lowest BCUT2D eigenvalue weighted by Crippen LogP contribution is -2.37. The summed E-state index contributed by atoms with van der Waals surface area (Å²) in [7, 11) is 1.48. The van der Waals surface area contributed by atoms with Crippen molar-refractivity contribution in [2.75, 3.05) is 13.6 Å². The Hall–Kier alpha value is -0.970. The van der Waals surface area contributed by atoms with E-state index in [0.717, 1.165) is 0 Å². The van der Waals surface area contributed by atoms with Crippen LogP contribution >= 0.6 is 11.8 Å². The van der Waals surface area contributed by atoms with Gasteiger partial charge in [0.15, 0.2) is 0 Å². The molecule has 58 valence electrons. The Balaban J connectivity index is 3.85. The predicted molar refractivity (Wildman–Crippen MR) is 37.7 cm³/mol. The molecule has 0 saturated heterocycles. The third-order valence-electron chi connectivity index (χ3n) is 0.850. The number of hydrogen-bond acceptors (Lipinski definition) is 2. The summed E-state index contributed by atoms with van der Waals surface area (Å²) in [5, 5.41) is 8.23. The van der Waals surface area contributed by atoms with Crippen LogP contribution in [0.25, 0.3) is 0 Å². The minimum absolute atomic E-state index is 0.0101. The van der Waals surface area contributed by atoms with E-state index >= 15 is 0 Å². The molecule has 0 saturated carbocycles. The van der Waals surface area contributed by atoms with Crippen LogP contribution in [-0.2, 0) is 4.79 Å². The van der Waals surface area contributed by atoms with Crippen LogP contribution in [0.15, 0.2) is 4.51 Å². The first-order chi connectivity index (χ1) is 4.57. The first-order valence-electron chi connectivity index (χ1n) is 2.45. The van der Waals surface area contributed by atoms with Crippen molar-refractivity contribution in [1.82, 2.24) is 4.90 Å². The topological polar surface area (TPSA) is 78.9 Å². The fraction of sp³-hybridized carbons (Fsp3) is 0.500. The van der Waals surface area contributed by atoms with Gasteiger partial charge < -0.3 is 15.7 Å².